The van der Waals surface area contributed by atoms with Gasteiger partial charge in [0.1, 0.15) is 6.54 Å². The number of halogens is 3. The van der Waals surface area contributed by atoms with E-state index in [1.807, 2.05) is 13.8 Å². The van der Waals surface area contributed by atoms with Crippen LogP contribution >= 0.6 is 0 Å². The van der Waals surface area contributed by atoms with Crippen molar-refractivity contribution in [3.8, 4) is 0 Å². The molecule has 0 bridgehead atoms. The molecule has 0 aliphatic rings. The van der Waals surface area contributed by atoms with Crippen LogP contribution in [-0.2, 0) is 10.0 Å². The molecule has 0 amide bonds. The van der Waals surface area contributed by atoms with Crippen LogP contribution in [0.4, 0.5) is 13.2 Å². The molecule has 0 heterocycles. The van der Waals surface area contributed by atoms with Crippen LogP contribution < -0.4 is 0 Å². The average molecular weight is 323 g/mol. The summed E-state index contributed by atoms with van der Waals surface area (Å²) >= 11 is 0. The van der Waals surface area contributed by atoms with Gasteiger partial charge in [-0.1, -0.05) is 32.9 Å². The topological polar surface area (TPSA) is 37.4 Å². The first-order chi connectivity index (χ1) is 9.58. The number of hydrogen-bond donors (Lipinski definition) is 0. The normalized spacial score (nSPS) is 13.1. The first-order valence-electron chi connectivity index (χ1n) is 6.74. The minimum absolute atomic E-state index is 0.107. The Bertz CT molecular complexity index is 551. The Kier molecular flexibility index (Phi) is 5.81. The molecule has 0 saturated carbocycles. The van der Waals surface area contributed by atoms with Crippen LogP contribution in [0.3, 0.4) is 0 Å². The molecule has 1 aromatic carbocycles. The monoisotopic (exact) mass is 323 g/mol. The highest BCUT2D eigenvalue weighted by Crippen LogP contribution is 2.24. The highest BCUT2D eigenvalue weighted by Gasteiger charge is 2.36. The van der Waals surface area contributed by atoms with E-state index in [2.05, 4.69) is 0 Å². The molecule has 0 aliphatic heterocycles. The van der Waals surface area contributed by atoms with Gasteiger partial charge in [-0.25, -0.2) is 8.42 Å². The van der Waals surface area contributed by atoms with E-state index in [1.54, 1.807) is 19.1 Å². The molecular weight excluding hydrogens is 303 g/mol. The maximum atomic E-state index is 12.5. The quantitative estimate of drug-likeness (QED) is 0.799. The van der Waals surface area contributed by atoms with Gasteiger partial charge in [-0.3, -0.25) is 0 Å². The number of nitrogens with zero attached hydrogens (tertiary/aromatic N) is 1. The van der Waals surface area contributed by atoms with E-state index in [4.69, 9.17) is 0 Å². The highest BCUT2D eigenvalue weighted by atomic mass is 32.2. The zero-order valence-electron chi connectivity index (χ0n) is 12.3. The van der Waals surface area contributed by atoms with Crippen LogP contribution in [0.25, 0.3) is 0 Å². The van der Waals surface area contributed by atoms with Crippen molar-refractivity contribution in [3.05, 3.63) is 29.8 Å². The molecule has 7 heteroatoms. The van der Waals surface area contributed by atoms with Gasteiger partial charge < -0.3 is 0 Å². The number of hydrogen-bond acceptors (Lipinski definition) is 2. The summed E-state index contributed by atoms with van der Waals surface area (Å²) in [6, 6.07) is 6.00. The zero-order valence-corrected chi connectivity index (χ0v) is 13.1. The van der Waals surface area contributed by atoms with E-state index in [-0.39, 0.29) is 17.4 Å². The molecule has 3 nitrogen and oxygen atoms in total. The number of alkyl halides is 3. The van der Waals surface area contributed by atoms with Gasteiger partial charge in [0.05, 0.1) is 4.90 Å². The Hall–Kier alpha value is -1.08. The van der Waals surface area contributed by atoms with Crippen molar-refractivity contribution in [2.75, 3.05) is 13.1 Å². The van der Waals surface area contributed by atoms with Gasteiger partial charge in [-0.2, -0.15) is 17.5 Å². The predicted octanol–water partition coefficient (Wildman–Crippen LogP) is 3.77. The van der Waals surface area contributed by atoms with E-state index in [0.29, 0.717) is 10.7 Å². The Balaban J connectivity index is 3.10. The number of rotatable bonds is 6. The Morgan fingerprint density at radius 1 is 1.14 bits per heavy atom. The summed E-state index contributed by atoms with van der Waals surface area (Å²) in [4.78, 5) is -0.107. The van der Waals surface area contributed by atoms with Gasteiger partial charge in [0.15, 0.2) is 0 Å². The van der Waals surface area contributed by atoms with E-state index in [9.17, 15) is 21.6 Å². The lowest BCUT2D eigenvalue weighted by atomic mass is 10.0. The number of benzene rings is 1. The third-order valence-corrected chi connectivity index (χ3v) is 4.87. The Morgan fingerprint density at radius 3 is 2.05 bits per heavy atom. The van der Waals surface area contributed by atoms with Gasteiger partial charge in [0, 0.05) is 6.54 Å². The first kappa shape index (κ1) is 18.0. The molecule has 0 fully saturated rings. The average Bonchev–Trinajstić information content (AvgIpc) is 2.36. The summed E-state index contributed by atoms with van der Waals surface area (Å²) in [5.41, 5.74) is 0.937. The largest absolute Gasteiger partial charge is 0.402 e. The van der Waals surface area contributed by atoms with Crippen LogP contribution in [0, 0.1) is 0 Å². The maximum absolute atomic E-state index is 12.5. The molecule has 21 heavy (non-hydrogen) atoms. The van der Waals surface area contributed by atoms with Gasteiger partial charge in [0.25, 0.3) is 0 Å². The van der Waals surface area contributed by atoms with Crippen molar-refractivity contribution in [1.29, 1.82) is 0 Å². The first-order valence-corrected chi connectivity index (χ1v) is 8.18. The molecule has 0 aromatic heterocycles. The molecule has 0 aliphatic carbocycles. The lowest BCUT2D eigenvalue weighted by Crippen LogP contribution is -2.39. The zero-order chi connectivity index (χ0) is 16.3. The molecule has 1 rings (SSSR count). The van der Waals surface area contributed by atoms with Crippen molar-refractivity contribution < 1.29 is 21.6 Å². The smallest absolute Gasteiger partial charge is 0.207 e. The molecule has 0 saturated heterocycles. The van der Waals surface area contributed by atoms with Gasteiger partial charge in [-0.05, 0) is 30.0 Å². The minimum atomic E-state index is -4.56. The summed E-state index contributed by atoms with van der Waals surface area (Å²) < 4.78 is 62.7. The van der Waals surface area contributed by atoms with Crippen LogP contribution in [0.1, 0.15) is 38.7 Å². The fraction of sp³-hybridized carbons (Fsp3) is 0.571. The maximum Gasteiger partial charge on any atom is 0.402 e. The summed E-state index contributed by atoms with van der Waals surface area (Å²) in [7, 11) is -4.13. The second-order valence-electron chi connectivity index (χ2n) is 5.18. The van der Waals surface area contributed by atoms with Crippen molar-refractivity contribution >= 4 is 10.0 Å². The molecule has 0 atom stereocenters. The van der Waals surface area contributed by atoms with Crippen LogP contribution in [0.15, 0.2) is 29.2 Å². The van der Waals surface area contributed by atoms with E-state index in [1.165, 1.54) is 12.1 Å². The fourth-order valence-corrected chi connectivity index (χ4v) is 3.42. The van der Waals surface area contributed by atoms with E-state index >= 15 is 0 Å². The summed E-state index contributed by atoms with van der Waals surface area (Å²) in [6.07, 6.45) is -4.24. The van der Waals surface area contributed by atoms with E-state index < -0.39 is 22.7 Å². The van der Waals surface area contributed by atoms with Gasteiger partial charge in [0.2, 0.25) is 10.0 Å². The third-order valence-electron chi connectivity index (χ3n) is 3.01. The van der Waals surface area contributed by atoms with Gasteiger partial charge >= 0.3 is 6.18 Å². The second-order valence-corrected chi connectivity index (χ2v) is 7.12. The van der Waals surface area contributed by atoms with Crippen LogP contribution in [0.5, 0.6) is 0 Å². The van der Waals surface area contributed by atoms with Crippen molar-refractivity contribution in [3.63, 3.8) is 0 Å². The fourth-order valence-electron chi connectivity index (χ4n) is 1.91. The molecule has 0 spiro atoms. The number of sulfonamides is 1. The molecule has 0 N–H and O–H groups in total. The summed E-state index contributed by atoms with van der Waals surface area (Å²) in [6.45, 7) is 3.93. The molecular formula is C14H20F3NO2S. The van der Waals surface area contributed by atoms with Crippen molar-refractivity contribution in [2.45, 2.75) is 44.2 Å². The third kappa shape index (κ3) is 5.00. The SMILES string of the molecule is CCCN(CC(F)(F)F)S(=O)(=O)c1ccc(C(C)C)cc1. The second kappa shape index (κ2) is 6.79. The Morgan fingerprint density at radius 2 is 1.67 bits per heavy atom. The van der Waals surface area contributed by atoms with Gasteiger partial charge in [-0.15, -0.1) is 0 Å². The van der Waals surface area contributed by atoms with Crippen molar-refractivity contribution in [1.82, 2.24) is 4.31 Å². The predicted molar refractivity (Wildman–Crippen MR) is 75.6 cm³/mol. The van der Waals surface area contributed by atoms with Crippen molar-refractivity contribution in [2.24, 2.45) is 0 Å². The molecule has 1 aromatic rings. The highest BCUT2D eigenvalue weighted by molar-refractivity contribution is 7.89. The van der Waals surface area contributed by atoms with Crippen LogP contribution in [0.2, 0.25) is 0 Å². The molecule has 120 valence electrons. The molecule has 0 radical (unpaired) electrons. The minimum Gasteiger partial charge on any atom is -0.207 e. The van der Waals surface area contributed by atoms with Crippen LogP contribution in [-0.4, -0.2) is 32.0 Å². The lowest BCUT2D eigenvalue weighted by Gasteiger charge is -2.23. The van der Waals surface area contributed by atoms with E-state index in [0.717, 1.165) is 5.56 Å². The standard InChI is InChI=1S/C14H20F3NO2S/c1-4-9-18(10-14(15,16)17)21(19,20)13-7-5-12(6-8-13)11(2)3/h5-8,11H,4,9-10H2,1-3H3. The Labute approximate surface area is 123 Å². The summed E-state index contributed by atoms with van der Waals surface area (Å²) in [5, 5.41) is 0. The molecule has 0 unspecified atom stereocenters. The lowest BCUT2D eigenvalue weighted by molar-refractivity contribution is -0.136. The summed E-state index contributed by atoms with van der Waals surface area (Å²) in [5.74, 6) is 0.226.